The van der Waals surface area contributed by atoms with Crippen molar-refractivity contribution in [2.45, 2.75) is 44.3 Å². The summed E-state index contributed by atoms with van der Waals surface area (Å²) in [6, 6.07) is 7.73. The molecule has 0 radical (unpaired) electrons. The molecule has 2 aromatic rings. The van der Waals surface area contributed by atoms with Crippen LogP contribution in [-0.2, 0) is 11.3 Å². The van der Waals surface area contributed by atoms with Crippen molar-refractivity contribution in [3.8, 4) is 11.5 Å². The zero-order chi connectivity index (χ0) is 19.4. The van der Waals surface area contributed by atoms with Gasteiger partial charge < -0.3 is 14.2 Å². The zero-order valence-electron chi connectivity index (χ0n) is 15.4. The second-order valence-corrected chi connectivity index (χ2v) is 6.73. The average molecular weight is 380 g/mol. The van der Waals surface area contributed by atoms with Gasteiger partial charge in [-0.2, -0.15) is 4.39 Å². The first-order valence-corrected chi connectivity index (χ1v) is 8.99. The largest absolute Gasteiger partial charge is 0.497 e. The van der Waals surface area contributed by atoms with E-state index in [0.29, 0.717) is 29.7 Å². The molecule has 0 amide bonds. The summed E-state index contributed by atoms with van der Waals surface area (Å²) in [6.07, 6.45) is 2.80. The molecule has 2 aromatic carbocycles. The van der Waals surface area contributed by atoms with Gasteiger partial charge in [0.1, 0.15) is 11.6 Å². The van der Waals surface area contributed by atoms with Gasteiger partial charge in [-0.25, -0.2) is 8.78 Å². The van der Waals surface area contributed by atoms with E-state index in [9.17, 15) is 13.2 Å². The van der Waals surface area contributed by atoms with Crippen LogP contribution >= 0.6 is 0 Å². The SMILES string of the molecule is COc1ccc(COC2CCC(c3ccc(OC)c(F)c3F)CC2)c(F)c1. The first kappa shape index (κ1) is 19.5. The molecule has 3 nitrogen and oxygen atoms in total. The second kappa shape index (κ2) is 8.65. The van der Waals surface area contributed by atoms with E-state index in [1.807, 2.05) is 0 Å². The molecule has 0 saturated heterocycles. The van der Waals surface area contributed by atoms with Crippen LogP contribution in [0.25, 0.3) is 0 Å². The molecule has 1 fully saturated rings. The lowest BCUT2D eigenvalue weighted by Crippen LogP contribution is -2.21. The monoisotopic (exact) mass is 380 g/mol. The molecule has 1 aliphatic rings. The molecule has 0 N–H and O–H groups in total. The van der Waals surface area contributed by atoms with Crippen molar-refractivity contribution in [2.75, 3.05) is 14.2 Å². The highest BCUT2D eigenvalue weighted by atomic mass is 19.2. The maximum atomic E-state index is 14.3. The van der Waals surface area contributed by atoms with Crippen LogP contribution in [-0.4, -0.2) is 20.3 Å². The third kappa shape index (κ3) is 4.38. The Morgan fingerprint density at radius 1 is 0.889 bits per heavy atom. The van der Waals surface area contributed by atoms with Crippen molar-refractivity contribution in [2.24, 2.45) is 0 Å². The molecule has 3 rings (SSSR count). The molecule has 0 unspecified atom stereocenters. The normalized spacial score (nSPS) is 19.7. The first-order chi connectivity index (χ1) is 13.0. The maximum absolute atomic E-state index is 14.3. The number of hydrogen-bond acceptors (Lipinski definition) is 3. The smallest absolute Gasteiger partial charge is 0.200 e. The van der Waals surface area contributed by atoms with E-state index in [1.165, 1.54) is 26.4 Å². The van der Waals surface area contributed by atoms with Gasteiger partial charge in [0.25, 0.3) is 0 Å². The van der Waals surface area contributed by atoms with Crippen LogP contribution < -0.4 is 9.47 Å². The Kier molecular flexibility index (Phi) is 6.26. The molecular formula is C21H23F3O3. The number of benzene rings is 2. The Bertz CT molecular complexity index is 786. The Morgan fingerprint density at radius 2 is 1.63 bits per heavy atom. The Hall–Kier alpha value is -2.21. The minimum atomic E-state index is -0.941. The summed E-state index contributed by atoms with van der Waals surface area (Å²) in [5.74, 6) is -1.82. The summed E-state index contributed by atoms with van der Waals surface area (Å²) < 4.78 is 57.8. The fourth-order valence-corrected chi connectivity index (χ4v) is 3.54. The molecule has 0 aromatic heterocycles. The van der Waals surface area contributed by atoms with E-state index in [1.54, 1.807) is 18.2 Å². The molecule has 1 aliphatic carbocycles. The van der Waals surface area contributed by atoms with Gasteiger partial charge in [-0.15, -0.1) is 0 Å². The highest BCUT2D eigenvalue weighted by Gasteiger charge is 2.27. The van der Waals surface area contributed by atoms with Crippen molar-refractivity contribution in [1.29, 1.82) is 0 Å². The predicted molar refractivity (Wildman–Crippen MR) is 95.6 cm³/mol. The fourth-order valence-electron chi connectivity index (χ4n) is 3.54. The van der Waals surface area contributed by atoms with Crippen LogP contribution in [0.4, 0.5) is 13.2 Å². The molecule has 146 valence electrons. The summed E-state index contributed by atoms with van der Waals surface area (Å²) >= 11 is 0. The van der Waals surface area contributed by atoms with Gasteiger partial charge >= 0.3 is 0 Å². The molecule has 1 saturated carbocycles. The number of rotatable bonds is 6. The molecule has 0 spiro atoms. The van der Waals surface area contributed by atoms with Gasteiger partial charge in [-0.3, -0.25) is 0 Å². The molecule has 6 heteroatoms. The summed E-state index contributed by atoms with van der Waals surface area (Å²) in [5.41, 5.74) is 0.856. The van der Waals surface area contributed by atoms with Crippen LogP contribution in [0.15, 0.2) is 30.3 Å². The molecule has 0 atom stereocenters. The van der Waals surface area contributed by atoms with Crippen LogP contribution in [0, 0.1) is 17.5 Å². The minimum absolute atomic E-state index is 0.0195. The van der Waals surface area contributed by atoms with E-state index in [2.05, 4.69) is 0 Å². The molecule has 0 aliphatic heterocycles. The van der Waals surface area contributed by atoms with Gasteiger partial charge in [0, 0.05) is 11.6 Å². The van der Waals surface area contributed by atoms with Crippen molar-refractivity contribution in [1.82, 2.24) is 0 Å². The second-order valence-electron chi connectivity index (χ2n) is 6.73. The van der Waals surface area contributed by atoms with Gasteiger partial charge in [0.05, 0.1) is 26.9 Å². The average Bonchev–Trinajstić information content (AvgIpc) is 2.69. The van der Waals surface area contributed by atoms with Gasteiger partial charge in [-0.1, -0.05) is 12.1 Å². The van der Waals surface area contributed by atoms with Crippen LogP contribution in [0.1, 0.15) is 42.7 Å². The van der Waals surface area contributed by atoms with Crippen LogP contribution in [0.3, 0.4) is 0 Å². The molecule has 0 heterocycles. The lowest BCUT2D eigenvalue weighted by Gasteiger charge is -2.29. The summed E-state index contributed by atoms with van der Waals surface area (Å²) in [7, 11) is 2.80. The quantitative estimate of drug-likeness (QED) is 0.675. The Labute approximate surface area is 157 Å². The topological polar surface area (TPSA) is 27.7 Å². The lowest BCUT2D eigenvalue weighted by molar-refractivity contribution is 0.0118. The fraction of sp³-hybridized carbons (Fsp3) is 0.429. The predicted octanol–water partition coefficient (Wildman–Crippen LogP) is 5.36. The van der Waals surface area contributed by atoms with Gasteiger partial charge in [0.2, 0.25) is 5.82 Å². The number of ether oxygens (including phenoxy) is 3. The Morgan fingerprint density at radius 3 is 2.26 bits per heavy atom. The van der Waals surface area contributed by atoms with Crippen molar-refractivity contribution < 1.29 is 27.4 Å². The summed E-state index contributed by atoms with van der Waals surface area (Å²) in [4.78, 5) is 0. The van der Waals surface area contributed by atoms with E-state index in [-0.39, 0.29) is 30.2 Å². The zero-order valence-corrected chi connectivity index (χ0v) is 15.4. The highest BCUT2D eigenvalue weighted by Crippen LogP contribution is 2.37. The van der Waals surface area contributed by atoms with Crippen molar-refractivity contribution >= 4 is 0 Å². The van der Waals surface area contributed by atoms with E-state index < -0.39 is 11.6 Å². The van der Waals surface area contributed by atoms with Crippen molar-refractivity contribution in [3.05, 3.63) is 58.9 Å². The third-order valence-corrected chi connectivity index (χ3v) is 5.15. The molecule has 0 bridgehead atoms. The van der Waals surface area contributed by atoms with Crippen LogP contribution in [0.5, 0.6) is 11.5 Å². The first-order valence-electron chi connectivity index (χ1n) is 8.99. The van der Waals surface area contributed by atoms with Gasteiger partial charge in [-0.05, 0) is 49.3 Å². The third-order valence-electron chi connectivity index (χ3n) is 5.15. The standard InChI is InChI=1S/C21H23F3O3/c1-25-16-8-5-14(18(22)11-16)12-27-15-6-3-13(4-7-15)17-9-10-19(26-2)21(24)20(17)23/h5,8-11,13,15H,3-4,6-7,12H2,1-2H3. The summed E-state index contributed by atoms with van der Waals surface area (Å²) in [6.45, 7) is 0.177. The number of halogens is 3. The van der Waals surface area contributed by atoms with Crippen molar-refractivity contribution in [3.63, 3.8) is 0 Å². The van der Waals surface area contributed by atoms with E-state index >= 15 is 0 Å². The molecular weight excluding hydrogens is 357 g/mol. The summed E-state index contributed by atoms with van der Waals surface area (Å²) in [5, 5.41) is 0. The minimum Gasteiger partial charge on any atom is -0.497 e. The highest BCUT2D eigenvalue weighted by molar-refractivity contribution is 5.33. The van der Waals surface area contributed by atoms with Crippen LogP contribution in [0.2, 0.25) is 0 Å². The lowest BCUT2D eigenvalue weighted by atomic mass is 9.82. The number of hydrogen-bond donors (Lipinski definition) is 0. The number of methoxy groups -OCH3 is 2. The Balaban J connectivity index is 1.56. The van der Waals surface area contributed by atoms with E-state index in [0.717, 1.165) is 12.8 Å². The van der Waals surface area contributed by atoms with E-state index in [4.69, 9.17) is 14.2 Å². The van der Waals surface area contributed by atoms with Gasteiger partial charge in [0.15, 0.2) is 11.6 Å². The molecule has 27 heavy (non-hydrogen) atoms. The maximum Gasteiger partial charge on any atom is 0.200 e.